The largest absolute Gasteiger partial charge is 0.328 e. The molecular formula is C13H15BrFN5O4S2. The molecule has 0 N–H and O–H groups in total. The Morgan fingerprint density at radius 3 is 2.50 bits per heavy atom. The first kappa shape index (κ1) is 19.2. The standard InChI is InChI=1S/C13H15BrFN5O4S2/c1-9-13(14)11-5-4-10(15)6-12(11)20(9)26(23,24)19-8-16-7-18(19)25(21,22)17(2)3/h4-7H,8H2,1-3H3. The number of hydrogen-bond donors (Lipinski definition) is 0. The molecule has 0 saturated heterocycles. The van der Waals surface area contributed by atoms with Gasteiger partial charge in [-0.2, -0.15) is 25.6 Å². The van der Waals surface area contributed by atoms with Gasteiger partial charge in [0, 0.05) is 29.6 Å². The zero-order valence-corrected chi connectivity index (χ0v) is 17.2. The minimum atomic E-state index is -4.41. The predicted molar refractivity (Wildman–Crippen MR) is 98.3 cm³/mol. The van der Waals surface area contributed by atoms with E-state index in [0.29, 0.717) is 18.7 Å². The van der Waals surface area contributed by atoms with Gasteiger partial charge in [-0.15, -0.1) is 0 Å². The second-order valence-corrected chi connectivity index (χ2v) is 10.1. The van der Waals surface area contributed by atoms with Crippen LogP contribution >= 0.6 is 15.9 Å². The zero-order chi connectivity index (χ0) is 19.4. The molecule has 0 bridgehead atoms. The molecule has 1 aromatic carbocycles. The Kier molecular flexibility index (Phi) is 4.63. The first-order valence-electron chi connectivity index (χ1n) is 7.20. The highest BCUT2D eigenvalue weighted by Gasteiger charge is 2.41. The van der Waals surface area contributed by atoms with Crippen molar-refractivity contribution in [1.29, 1.82) is 0 Å². The van der Waals surface area contributed by atoms with Gasteiger partial charge < -0.3 is 0 Å². The lowest BCUT2D eigenvalue weighted by molar-refractivity contribution is 0.265. The number of halogens is 2. The molecular weight excluding hydrogens is 453 g/mol. The first-order chi connectivity index (χ1) is 12.0. The van der Waals surface area contributed by atoms with E-state index >= 15 is 0 Å². The van der Waals surface area contributed by atoms with E-state index in [1.165, 1.54) is 33.2 Å². The van der Waals surface area contributed by atoms with E-state index in [-0.39, 0.29) is 11.2 Å². The third-order valence-electron chi connectivity index (χ3n) is 3.84. The van der Waals surface area contributed by atoms with Crippen molar-refractivity contribution in [1.82, 2.24) is 17.1 Å². The lowest BCUT2D eigenvalue weighted by atomic mass is 10.2. The summed E-state index contributed by atoms with van der Waals surface area (Å²) in [5, 5.41) is 0.481. The molecule has 1 aliphatic rings. The van der Waals surface area contributed by atoms with Crippen LogP contribution in [-0.2, 0) is 20.4 Å². The zero-order valence-electron chi connectivity index (χ0n) is 14.0. The van der Waals surface area contributed by atoms with Crippen LogP contribution < -0.4 is 0 Å². The third-order valence-corrected chi connectivity index (χ3v) is 8.38. The van der Waals surface area contributed by atoms with Crippen LogP contribution in [0.2, 0.25) is 0 Å². The van der Waals surface area contributed by atoms with Crippen molar-refractivity contribution in [2.24, 2.45) is 4.99 Å². The third kappa shape index (κ3) is 2.74. The molecule has 2 aromatic rings. The van der Waals surface area contributed by atoms with Crippen molar-refractivity contribution >= 4 is 53.6 Å². The van der Waals surface area contributed by atoms with Crippen molar-refractivity contribution in [2.75, 3.05) is 20.8 Å². The summed E-state index contributed by atoms with van der Waals surface area (Å²) < 4.78 is 68.3. The summed E-state index contributed by atoms with van der Waals surface area (Å²) >= 11 is 3.31. The summed E-state index contributed by atoms with van der Waals surface area (Å²) in [6, 6.07) is 3.74. The van der Waals surface area contributed by atoms with E-state index < -0.39 is 32.9 Å². The fourth-order valence-corrected chi connectivity index (χ4v) is 5.95. The van der Waals surface area contributed by atoms with E-state index in [1.54, 1.807) is 0 Å². The van der Waals surface area contributed by atoms with Crippen LogP contribution in [0.25, 0.3) is 10.9 Å². The molecule has 2 heterocycles. The number of aromatic nitrogens is 1. The maximum atomic E-state index is 13.7. The Morgan fingerprint density at radius 1 is 1.23 bits per heavy atom. The number of nitrogens with zero attached hydrogens (tertiary/aromatic N) is 5. The number of hydrazine groups is 1. The van der Waals surface area contributed by atoms with Gasteiger partial charge in [-0.05, 0) is 41.1 Å². The molecule has 0 saturated carbocycles. The monoisotopic (exact) mass is 467 g/mol. The molecule has 0 unspecified atom stereocenters. The van der Waals surface area contributed by atoms with Crippen molar-refractivity contribution in [2.45, 2.75) is 6.92 Å². The van der Waals surface area contributed by atoms with Crippen LogP contribution in [-0.4, -0.2) is 61.0 Å². The Morgan fingerprint density at radius 2 is 1.88 bits per heavy atom. The molecule has 0 fully saturated rings. The van der Waals surface area contributed by atoms with Gasteiger partial charge in [0.15, 0.2) is 0 Å². The molecule has 1 aromatic heterocycles. The molecule has 142 valence electrons. The summed E-state index contributed by atoms with van der Waals surface area (Å²) in [7, 11) is -5.98. The Labute approximate surface area is 158 Å². The van der Waals surface area contributed by atoms with E-state index in [1.807, 2.05) is 0 Å². The highest BCUT2D eigenvalue weighted by molar-refractivity contribution is 9.10. The molecule has 0 aliphatic carbocycles. The van der Waals surface area contributed by atoms with Crippen LogP contribution in [0.4, 0.5) is 4.39 Å². The minimum Gasteiger partial charge on any atom is -0.254 e. The summed E-state index contributed by atoms with van der Waals surface area (Å²) in [5.41, 5.74) is 0.364. The maximum absolute atomic E-state index is 13.7. The smallest absolute Gasteiger partial charge is 0.254 e. The highest BCUT2D eigenvalue weighted by atomic mass is 79.9. The van der Waals surface area contributed by atoms with Gasteiger partial charge in [0.1, 0.15) is 18.8 Å². The van der Waals surface area contributed by atoms with Crippen LogP contribution in [0.15, 0.2) is 27.7 Å². The molecule has 0 atom stereocenters. The fourth-order valence-electron chi connectivity index (χ4n) is 2.53. The summed E-state index contributed by atoms with van der Waals surface area (Å²) in [6.07, 6.45) is 0.920. The summed E-state index contributed by atoms with van der Waals surface area (Å²) in [5.74, 6) is -0.616. The topological polar surface area (TPSA) is 95.3 Å². The molecule has 13 heteroatoms. The number of rotatable bonds is 4. The molecule has 3 rings (SSSR count). The van der Waals surface area contributed by atoms with Gasteiger partial charge in [-0.3, -0.25) is 4.99 Å². The van der Waals surface area contributed by atoms with Crippen molar-refractivity contribution in [3.63, 3.8) is 0 Å². The van der Waals surface area contributed by atoms with Gasteiger partial charge in [0.25, 0.3) is 0 Å². The average Bonchev–Trinajstić information content (AvgIpc) is 3.13. The predicted octanol–water partition coefficient (Wildman–Crippen LogP) is 1.27. The number of fused-ring (bicyclic) bond motifs is 1. The molecule has 0 radical (unpaired) electrons. The van der Waals surface area contributed by atoms with E-state index in [2.05, 4.69) is 20.9 Å². The average molecular weight is 468 g/mol. The second kappa shape index (κ2) is 6.27. The normalized spacial score (nSPS) is 16.3. The lowest BCUT2D eigenvalue weighted by Crippen LogP contribution is -2.51. The van der Waals surface area contributed by atoms with E-state index in [4.69, 9.17) is 0 Å². The molecule has 26 heavy (non-hydrogen) atoms. The second-order valence-electron chi connectivity index (χ2n) is 5.66. The quantitative estimate of drug-likeness (QED) is 0.676. The fraction of sp³-hybridized carbons (Fsp3) is 0.308. The van der Waals surface area contributed by atoms with E-state index in [9.17, 15) is 21.2 Å². The number of benzene rings is 1. The van der Waals surface area contributed by atoms with Crippen LogP contribution in [0.5, 0.6) is 0 Å². The Bertz CT molecular complexity index is 1130. The summed E-state index contributed by atoms with van der Waals surface area (Å²) in [4.78, 5) is 3.76. The SMILES string of the molecule is Cc1c(Br)c2ccc(F)cc2n1S(=O)(=O)N1CN=CN1S(=O)(=O)N(C)C. The van der Waals surface area contributed by atoms with Crippen LogP contribution in [0.3, 0.4) is 0 Å². The minimum absolute atomic E-state index is 0.0866. The molecule has 0 spiro atoms. The van der Waals surface area contributed by atoms with Gasteiger partial charge >= 0.3 is 20.4 Å². The van der Waals surface area contributed by atoms with Crippen LogP contribution in [0.1, 0.15) is 5.69 Å². The van der Waals surface area contributed by atoms with E-state index in [0.717, 1.165) is 20.7 Å². The Hall–Kier alpha value is -1.54. The number of aliphatic imine (C=N–C) groups is 1. The Balaban J connectivity index is 2.23. The first-order valence-corrected chi connectivity index (χ1v) is 10.8. The van der Waals surface area contributed by atoms with Gasteiger partial charge in [-0.1, -0.05) is 4.41 Å². The van der Waals surface area contributed by atoms with Crippen LogP contribution in [0, 0.1) is 12.7 Å². The number of hydrogen-bond acceptors (Lipinski definition) is 5. The lowest BCUT2D eigenvalue weighted by Gasteiger charge is -2.28. The van der Waals surface area contributed by atoms with Crippen molar-refractivity contribution in [3.05, 3.63) is 34.2 Å². The van der Waals surface area contributed by atoms with Gasteiger partial charge in [-0.25, -0.2) is 8.36 Å². The molecule has 9 nitrogen and oxygen atoms in total. The van der Waals surface area contributed by atoms with Gasteiger partial charge in [0.2, 0.25) is 0 Å². The highest BCUT2D eigenvalue weighted by Crippen LogP contribution is 2.34. The molecule has 1 aliphatic heterocycles. The molecule has 0 amide bonds. The van der Waals surface area contributed by atoms with Gasteiger partial charge in [0.05, 0.1) is 5.52 Å². The van der Waals surface area contributed by atoms with Crippen molar-refractivity contribution < 1.29 is 21.2 Å². The van der Waals surface area contributed by atoms with Crippen molar-refractivity contribution in [3.8, 4) is 0 Å². The summed E-state index contributed by atoms with van der Waals surface area (Å²) in [6.45, 7) is 1.11. The maximum Gasteiger partial charge on any atom is 0.328 e.